The van der Waals surface area contributed by atoms with E-state index in [1.807, 2.05) is 58.0 Å². The summed E-state index contributed by atoms with van der Waals surface area (Å²) in [5, 5.41) is 8.47. The third-order valence-electron chi connectivity index (χ3n) is 6.21. The predicted molar refractivity (Wildman–Crippen MR) is 133 cm³/mol. The number of hydrogen-bond acceptors (Lipinski definition) is 5. The summed E-state index contributed by atoms with van der Waals surface area (Å²) in [5.41, 5.74) is 3.16. The summed E-state index contributed by atoms with van der Waals surface area (Å²) in [7, 11) is 0. The summed E-state index contributed by atoms with van der Waals surface area (Å²) in [5.74, 6) is -0.723. The van der Waals surface area contributed by atoms with E-state index < -0.39 is 23.8 Å². The molecule has 0 spiro atoms. The molecule has 0 saturated heterocycles. The molecule has 1 atom stereocenters. The van der Waals surface area contributed by atoms with Gasteiger partial charge in [-0.2, -0.15) is 9.78 Å². The lowest BCUT2D eigenvalue weighted by molar-refractivity contribution is -0.121. The Morgan fingerprint density at radius 3 is 2.20 bits per heavy atom. The Morgan fingerprint density at radius 1 is 0.914 bits per heavy atom. The molecule has 0 saturated carbocycles. The molecule has 8 nitrogen and oxygen atoms in total. The summed E-state index contributed by atoms with van der Waals surface area (Å²) in [6.07, 6.45) is 0. The average molecular weight is 468 g/mol. The maximum absolute atomic E-state index is 13.5. The summed E-state index contributed by atoms with van der Waals surface area (Å²) in [4.78, 5) is 45.5. The van der Waals surface area contributed by atoms with E-state index >= 15 is 0 Å². The number of aryl methyl sites for hydroxylation is 2. The SMILES string of the molecule is Cc1cc(NC(=O)C(C(C)C)N2C(=O)c3ccccc3C2=O)n(-c2cc(C)c3ccccc3n2)n1. The molecule has 4 aromatic rings. The van der Waals surface area contributed by atoms with E-state index in [2.05, 4.69) is 10.4 Å². The first-order valence-electron chi connectivity index (χ1n) is 11.5. The van der Waals surface area contributed by atoms with Crippen LogP contribution in [-0.4, -0.2) is 43.4 Å². The normalized spacial score (nSPS) is 14.0. The summed E-state index contributed by atoms with van der Waals surface area (Å²) in [6, 6.07) is 17.1. The maximum Gasteiger partial charge on any atom is 0.262 e. The van der Waals surface area contributed by atoms with Crippen LogP contribution in [0.3, 0.4) is 0 Å². The van der Waals surface area contributed by atoms with Gasteiger partial charge in [0.05, 0.1) is 22.3 Å². The molecule has 1 unspecified atom stereocenters. The van der Waals surface area contributed by atoms with E-state index in [0.717, 1.165) is 21.4 Å². The van der Waals surface area contributed by atoms with Crippen LogP contribution < -0.4 is 5.32 Å². The first-order valence-corrected chi connectivity index (χ1v) is 11.5. The number of hydrogen-bond donors (Lipinski definition) is 1. The molecule has 0 bridgehead atoms. The number of rotatable bonds is 5. The summed E-state index contributed by atoms with van der Waals surface area (Å²) < 4.78 is 1.58. The molecule has 5 rings (SSSR count). The van der Waals surface area contributed by atoms with Crippen molar-refractivity contribution in [3.8, 4) is 5.82 Å². The largest absolute Gasteiger partial charge is 0.309 e. The van der Waals surface area contributed by atoms with Crippen molar-refractivity contribution in [1.29, 1.82) is 0 Å². The van der Waals surface area contributed by atoms with Crippen molar-refractivity contribution >= 4 is 34.4 Å². The molecule has 3 heterocycles. The highest BCUT2D eigenvalue weighted by Crippen LogP contribution is 2.28. The number of pyridine rings is 1. The molecule has 176 valence electrons. The molecular formula is C27H25N5O3. The van der Waals surface area contributed by atoms with Gasteiger partial charge in [-0.25, -0.2) is 4.98 Å². The number of fused-ring (bicyclic) bond motifs is 2. The molecule has 8 heteroatoms. The second kappa shape index (κ2) is 8.47. The van der Waals surface area contributed by atoms with Gasteiger partial charge in [0.25, 0.3) is 11.8 Å². The Hall–Kier alpha value is -4.33. The lowest BCUT2D eigenvalue weighted by Gasteiger charge is -2.28. The van der Waals surface area contributed by atoms with Gasteiger partial charge >= 0.3 is 0 Å². The standard InChI is InChI=1S/C27H25N5O3/c1-15(2)24(31-26(34)19-10-5-6-11-20(19)27(31)35)25(33)29-23-14-17(4)30-32(23)22-13-16(3)18-9-7-8-12-21(18)28-22/h5-15,24H,1-4H3,(H,29,33). The maximum atomic E-state index is 13.5. The first kappa shape index (κ1) is 22.5. The highest BCUT2D eigenvalue weighted by Gasteiger charge is 2.44. The summed E-state index contributed by atoms with van der Waals surface area (Å²) in [6.45, 7) is 7.44. The zero-order valence-corrected chi connectivity index (χ0v) is 19.9. The van der Waals surface area contributed by atoms with Gasteiger partial charge in [-0.1, -0.05) is 44.2 Å². The molecule has 1 aliphatic rings. The fourth-order valence-electron chi connectivity index (χ4n) is 4.58. The second-order valence-electron chi connectivity index (χ2n) is 9.10. The number of nitrogens with zero attached hydrogens (tertiary/aromatic N) is 4. The van der Waals surface area contributed by atoms with E-state index in [4.69, 9.17) is 4.98 Å². The van der Waals surface area contributed by atoms with Gasteiger partial charge in [-0.3, -0.25) is 19.3 Å². The number of imide groups is 1. The van der Waals surface area contributed by atoms with Crippen LogP contribution in [0.2, 0.25) is 0 Å². The van der Waals surface area contributed by atoms with Crippen LogP contribution in [-0.2, 0) is 4.79 Å². The number of nitrogens with one attached hydrogen (secondary N) is 1. The van der Waals surface area contributed by atoms with Gasteiger partial charge in [-0.15, -0.1) is 0 Å². The van der Waals surface area contributed by atoms with Gasteiger partial charge in [-0.05, 0) is 49.6 Å². The van der Waals surface area contributed by atoms with Crippen molar-refractivity contribution in [3.05, 3.63) is 83.0 Å². The first-order chi connectivity index (χ1) is 16.8. The van der Waals surface area contributed by atoms with E-state index in [1.165, 1.54) is 0 Å². The lowest BCUT2D eigenvalue weighted by Crippen LogP contribution is -2.50. The highest BCUT2D eigenvalue weighted by molar-refractivity contribution is 6.23. The molecule has 35 heavy (non-hydrogen) atoms. The Bertz CT molecular complexity index is 1470. The third-order valence-corrected chi connectivity index (χ3v) is 6.21. The third kappa shape index (κ3) is 3.77. The second-order valence-corrected chi connectivity index (χ2v) is 9.10. The minimum absolute atomic E-state index is 0.310. The number of anilines is 1. The lowest BCUT2D eigenvalue weighted by atomic mass is 10.0. The number of benzene rings is 2. The molecule has 3 amide bonds. The van der Waals surface area contributed by atoms with Crippen molar-refractivity contribution in [2.45, 2.75) is 33.7 Å². The molecule has 2 aromatic heterocycles. The Labute approximate surface area is 202 Å². The van der Waals surface area contributed by atoms with Gasteiger partial charge in [0.1, 0.15) is 11.9 Å². The van der Waals surface area contributed by atoms with Crippen LogP contribution in [0.15, 0.2) is 60.7 Å². The zero-order valence-electron chi connectivity index (χ0n) is 19.9. The summed E-state index contributed by atoms with van der Waals surface area (Å²) >= 11 is 0. The fourth-order valence-corrected chi connectivity index (χ4v) is 4.58. The number of aromatic nitrogens is 3. The fraction of sp³-hybridized carbons (Fsp3) is 0.222. The monoisotopic (exact) mass is 467 g/mol. The molecule has 1 N–H and O–H groups in total. The molecule has 1 aliphatic heterocycles. The van der Waals surface area contributed by atoms with Crippen molar-refractivity contribution in [2.24, 2.45) is 5.92 Å². The van der Waals surface area contributed by atoms with Crippen LogP contribution in [0.1, 0.15) is 45.8 Å². The van der Waals surface area contributed by atoms with Crippen molar-refractivity contribution in [2.75, 3.05) is 5.32 Å². The average Bonchev–Trinajstić information content (AvgIpc) is 3.31. The van der Waals surface area contributed by atoms with Crippen LogP contribution >= 0.6 is 0 Å². The molecule has 0 radical (unpaired) electrons. The van der Waals surface area contributed by atoms with E-state index in [-0.39, 0.29) is 5.92 Å². The predicted octanol–water partition coefficient (Wildman–Crippen LogP) is 4.30. The van der Waals surface area contributed by atoms with E-state index in [0.29, 0.717) is 28.5 Å². The van der Waals surface area contributed by atoms with Gasteiger partial charge in [0, 0.05) is 11.5 Å². The Morgan fingerprint density at radius 2 is 1.54 bits per heavy atom. The van der Waals surface area contributed by atoms with E-state index in [1.54, 1.807) is 35.0 Å². The minimum atomic E-state index is -0.989. The molecule has 2 aromatic carbocycles. The Balaban J connectivity index is 1.50. The van der Waals surface area contributed by atoms with Crippen LogP contribution in [0.25, 0.3) is 16.7 Å². The number of carbonyl (C=O) groups excluding carboxylic acids is 3. The van der Waals surface area contributed by atoms with Crippen LogP contribution in [0.5, 0.6) is 0 Å². The number of carbonyl (C=O) groups is 3. The van der Waals surface area contributed by atoms with Crippen molar-refractivity contribution in [1.82, 2.24) is 19.7 Å². The Kier molecular flexibility index (Phi) is 5.43. The van der Waals surface area contributed by atoms with E-state index in [9.17, 15) is 14.4 Å². The van der Waals surface area contributed by atoms with Crippen molar-refractivity contribution < 1.29 is 14.4 Å². The number of para-hydroxylation sites is 1. The molecule has 0 aliphatic carbocycles. The van der Waals surface area contributed by atoms with Crippen LogP contribution in [0.4, 0.5) is 5.82 Å². The van der Waals surface area contributed by atoms with Gasteiger partial charge in [0.15, 0.2) is 5.82 Å². The van der Waals surface area contributed by atoms with Gasteiger partial charge in [0.2, 0.25) is 5.91 Å². The number of amides is 3. The molecule has 0 fully saturated rings. The van der Waals surface area contributed by atoms with Crippen molar-refractivity contribution in [3.63, 3.8) is 0 Å². The smallest absolute Gasteiger partial charge is 0.262 e. The van der Waals surface area contributed by atoms with Crippen LogP contribution in [0, 0.1) is 19.8 Å². The van der Waals surface area contributed by atoms with Gasteiger partial charge < -0.3 is 5.32 Å². The zero-order chi connectivity index (χ0) is 24.9. The topological polar surface area (TPSA) is 97.2 Å². The molecular weight excluding hydrogens is 442 g/mol. The highest BCUT2D eigenvalue weighted by atomic mass is 16.2. The minimum Gasteiger partial charge on any atom is -0.309 e. The quantitative estimate of drug-likeness (QED) is 0.442.